The Morgan fingerprint density at radius 1 is 1.35 bits per heavy atom. The van der Waals surface area contributed by atoms with E-state index in [1.165, 1.54) is 37.3 Å². The van der Waals surface area contributed by atoms with Gasteiger partial charge in [0.2, 0.25) is 0 Å². The minimum absolute atomic E-state index is 0.166. The average molecular weight is 333 g/mol. The molecule has 1 aromatic rings. The molecule has 0 aromatic heterocycles. The Balaban J connectivity index is 2.89. The van der Waals surface area contributed by atoms with Crippen LogP contribution in [0.5, 0.6) is 0 Å². The third kappa shape index (κ3) is 4.52. The molecule has 0 unspecified atom stereocenters. The molecule has 23 heavy (non-hydrogen) atoms. The molecule has 126 valence electrons. The number of esters is 1. The van der Waals surface area contributed by atoms with E-state index in [1.807, 2.05) is 0 Å². The van der Waals surface area contributed by atoms with E-state index in [2.05, 4.69) is 4.74 Å². The lowest BCUT2D eigenvalue weighted by atomic mass is 9.98. The Morgan fingerprint density at radius 3 is 2.35 bits per heavy atom. The van der Waals surface area contributed by atoms with Crippen LogP contribution in [0.15, 0.2) is 30.3 Å². The van der Waals surface area contributed by atoms with Crippen molar-refractivity contribution in [3.8, 4) is 0 Å². The lowest BCUT2D eigenvalue weighted by molar-refractivity contribution is -0.384. The van der Waals surface area contributed by atoms with E-state index >= 15 is 0 Å². The molecule has 0 radical (unpaired) electrons. The minimum Gasteiger partial charge on any atom is -0.464 e. The second kappa shape index (κ2) is 7.23. The Kier molecular flexibility index (Phi) is 5.85. The third-order valence-corrected chi connectivity index (χ3v) is 2.91. The van der Waals surface area contributed by atoms with Crippen LogP contribution >= 0.6 is 0 Å². The number of ether oxygens (including phenoxy) is 1. The number of nitrogens with zero attached hydrogens (tertiary/aromatic N) is 1. The summed E-state index contributed by atoms with van der Waals surface area (Å²) in [5.41, 5.74) is -3.43. The number of benzene rings is 1. The van der Waals surface area contributed by atoms with Crippen LogP contribution in [0.25, 0.3) is 6.08 Å². The lowest BCUT2D eigenvalue weighted by Crippen LogP contribution is -2.52. The van der Waals surface area contributed by atoms with Gasteiger partial charge in [-0.25, -0.2) is 4.79 Å². The molecule has 0 spiro atoms. The van der Waals surface area contributed by atoms with Crippen molar-refractivity contribution < 1.29 is 32.7 Å². The van der Waals surface area contributed by atoms with E-state index in [-0.39, 0.29) is 12.3 Å². The molecule has 0 aliphatic rings. The monoisotopic (exact) mass is 333 g/mol. The number of carbonyl (C=O) groups is 1. The van der Waals surface area contributed by atoms with Gasteiger partial charge >= 0.3 is 12.1 Å². The molecule has 0 bridgehead atoms. The van der Waals surface area contributed by atoms with Gasteiger partial charge in [-0.15, -0.1) is 0 Å². The zero-order valence-electron chi connectivity index (χ0n) is 12.0. The van der Waals surface area contributed by atoms with Gasteiger partial charge in [-0.1, -0.05) is 12.2 Å². The van der Waals surface area contributed by atoms with Crippen molar-refractivity contribution in [1.82, 2.24) is 0 Å². The maximum absolute atomic E-state index is 12.9. The van der Waals surface area contributed by atoms with Gasteiger partial charge in [0, 0.05) is 18.6 Å². The highest BCUT2D eigenvalue weighted by Gasteiger charge is 2.59. The summed E-state index contributed by atoms with van der Waals surface area (Å²) in [6.45, 7) is 1.02. The molecule has 0 heterocycles. The minimum atomic E-state index is -5.20. The number of alkyl halides is 3. The topological polar surface area (TPSA) is 89.7 Å². The number of aliphatic hydroxyl groups is 1. The molecular formula is C14H14F3NO5. The highest BCUT2D eigenvalue weighted by molar-refractivity contribution is 5.80. The lowest BCUT2D eigenvalue weighted by Gasteiger charge is -2.26. The molecule has 0 aliphatic heterocycles. The van der Waals surface area contributed by atoms with Gasteiger partial charge in [0.1, 0.15) is 0 Å². The number of rotatable bonds is 6. The fourth-order valence-electron chi connectivity index (χ4n) is 1.64. The Bertz CT molecular complexity index is 597. The van der Waals surface area contributed by atoms with Gasteiger partial charge in [0.05, 0.1) is 11.5 Å². The molecule has 1 rings (SSSR count). The SMILES string of the molecule is CCOC(=O)[C@](O)(C/C=C/c1ccc([N+](=O)[O-])cc1)C(F)(F)F. The summed E-state index contributed by atoms with van der Waals surface area (Å²) in [6, 6.07) is 5.01. The Labute approximate surface area is 129 Å². The number of carbonyl (C=O) groups excluding carboxylic acids is 1. The van der Waals surface area contributed by atoms with Crippen LogP contribution in [0, 0.1) is 10.1 Å². The van der Waals surface area contributed by atoms with E-state index in [9.17, 15) is 33.2 Å². The Hall–Kier alpha value is -2.42. The molecule has 1 aromatic carbocycles. The van der Waals surface area contributed by atoms with E-state index < -0.39 is 29.1 Å². The number of non-ortho nitro benzene ring substituents is 1. The number of halogens is 3. The molecule has 0 amide bonds. The molecule has 9 heteroatoms. The predicted molar refractivity (Wildman–Crippen MR) is 74.4 cm³/mol. The maximum atomic E-state index is 12.9. The maximum Gasteiger partial charge on any atom is 0.428 e. The number of nitro groups is 1. The first-order chi connectivity index (χ1) is 10.6. The summed E-state index contributed by atoms with van der Waals surface area (Å²) in [6.07, 6.45) is -4.07. The summed E-state index contributed by atoms with van der Waals surface area (Å²) in [7, 11) is 0. The first-order valence-corrected chi connectivity index (χ1v) is 6.49. The van der Waals surface area contributed by atoms with E-state index in [4.69, 9.17) is 0 Å². The van der Waals surface area contributed by atoms with Gasteiger partial charge < -0.3 is 9.84 Å². The first kappa shape index (κ1) is 18.6. The van der Waals surface area contributed by atoms with Crippen LogP contribution in [0.3, 0.4) is 0 Å². The summed E-state index contributed by atoms with van der Waals surface area (Å²) in [5, 5.41) is 20.1. The third-order valence-electron chi connectivity index (χ3n) is 2.91. The van der Waals surface area contributed by atoms with Gasteiger partial charge in [0.15, 0.2) is 0 Å². The zero-order chi connectivity index (χ0) is 17.7. The predicted octanol–water partition coefficient (Wildman–Crippen LogP) is 2.85. The quantitative estimate of drug-likeness (QED) is 0.491. The van der Waals surface area contributed by atoms with E-state index in [1.54, 1.807) is 0 Å². The largest absolute Gasteiger partial charge is 0.464 e. The smallest absolute Gasteiger partial charge is 0.428 e. The average Bonchev–Trinajstić information content (AvgIpc) is 2.46. The molecule has 0 fully saturated rings. The number of hydrogen-bond acceptors (Lipinski definition) is 5. The number of nitro benzene ring substituents is 1. The first-order valence-electron chi connectivity index (χ1n) is 6.49. The summed E-state index contributed by atoms with van der Waals surface area (Å²) >= 11 is 0. The zero-order valence-corrected chi connectivity index (χ0v) is 12.0. The molecule has 1 atom stereocenters. The van der Waals surface area contributed by atoms with E-state index in [0.717, 1.165) is 6.08 Å². The second-order valence-electron chi connectivity index (χ2n) is 4.53. The molecule has 0 saturated carbocycles. The van der Waals surface area contributed by atoms with Crippen molar-refractivity contribution in [1.29, 1.82) is 0 Å². The van der Waals surface area contributed by atoms with Crippen molar-refractivity contribution in [3.63, 3.8) is 0 Å². The molecule has 6 nitrogen and oxygen atoms in total. The molecule has 0 aliphatic carbocycles. The van der Waals surface area contributed by atoms with Gasteiger partial charge in [-0.05, 0) is 24.6 Å². The van der Waals surface area contributed by atoms with Crippen LogP contribution in [-0.2, 0) is 9.53 Å². The van der Waals surface area contributed by atoms with Crippen LogP contribution < -0.4 is 0 Å². The fourth-order valence-corrected chi connectivity index (χ4v) is 1.64. The van der Waals surface area contributed by atoms with Gasteiger partial charge in [0.25, 0.3) is 11.3 Å². The van der Waals surface area contributed by atoms with Crippen LogP contribution in [-0.4, -0.2) is 34.4 Å². The summed E-state index contributed by atoms with van der Waals surface area (Å²) in [4.78, 5) is 21.2. The van der Waals surface area contributed by atoms with Crippen molar-refractivity contribution in [2.75, 3.05) is 6.61 Å². The summed E-state index contributed by atoms with van der Waals surface area (Å²) in [5.74, 6) is -1.78. The van der Waals surface area contributed by atoms with Crippen molar-refractivity contribution >= 4 is 17.7 Å². The number of hydrogen-bond donors (Lipinski definition) is 1. The van der Waals surface area contributed by atoms with Crippen molar-refractivity contribution in [2.45, 2.75) is 25.1 Å². The standard InChI is InChI=1S/C14H14F3NO5/c1-2-23-12(19)13(20,14(15,16)17)9-3-4-10-5-7-11(8-6-10)18(21)22/h3-8,20H,2,9H2,1H3/b4-3+/t13-/m1/s1. The molecular weight excluding hydrogens is 319 g/mol. The van der Waals surface area contributed by atoms with Crippen LogP contribution in [0.2, 0.25) is 0 Å². The van der Waals surface area contributed by atoms with Crippen LogP contribution in [0.4, 0.5) is 18.9 Å². The van der Waals surface area contributed by atoms with Crippen LogP contribution in [0.1, 0.15) is 18.9 Å². The second-order valence-corrected chi connectivity index (χ2v) is 4.53. The van der Waals surface area contributed by atoms with Gasteiger partial charge in [-0.3, -0.25) is 10.1 Å². The molecule has 0 saturated heterocycles. The molecule has 1 N–H and O–H groups in total. The van der Waals surface area contributed by atoms with E-state index in [0.29, 0.717) is 5.56 Å². The van der Waals surface area contributed by atoms with Crippen molar-refractivity contribution in [2.24, 2.45) is 0 Å². The van der Waals surface area contributed by atoms with Gasteiger partial charge in [-0.2, -0.15) is 13.2 Å². The fraction of sp³-hybridized carbons (Fsp3) is 0.357. The normalized spacial score (nSPS) is 14.5. The highest BCUT2D eigenvalue weighted by Crippen LogP contribution is 2.35. The Morgan fingerprint density at radius 2 is 1.91 bits per heavy atom. The van der Waals surface area contributed by atoms with Crippen molar-refractivity contribution in [3.05, 3.63) is 46.0 Å². The summed E-state index contributed by atoms with van der Waals surface area (Å²) < 4.78 is 42.9. The highest BCUT2D eigenvalue weighted by atomic mass is 19.4.